The number of likely N-dealkylation sites (N-methyl/N-ethyl adjacent to an activating group) is 1. The van der Waals surface area contributed by atoms with Gasteiger partial charge in [0.2, 0.25) is 0 Å². The van der Waals surface area contributed by atoms with E-state index in [-0.39, 0.29) is 0 Å². The van der Waals surface area contributed by atoms with E-state index in [4.69, 9.17) is 0 Å². The summed E-state index contributed by atoms with van der Waals surface area (Å²) >= 11 is 0. The summed E-state index contributed by atoms with van der Waals surface area (Å²) in [4.78, 5) is 2.44. The third-order valence-corrected chi connectivity index (χ3v) is 4.45. The largest absolute Gasteiger partial charge is 0.306 e. The van der Waals surface area contributed by atoms with Gasteiger partial charge in [0, 0.05) is 6.54 Å². The summed E-state index contributed by atoms with van der Waals surface area (Å²) in [5.74, 6) is 0.660. The molecule has 2 aromatic carbocycles. The van der Waals surface area contributed by atoms with Gasteiger partial charge in [-0.1, -0.05) is 61.2 Å². The van der Waals surface area contributed by atoms with Crippen LogP contribution >= 0.6 is 0 Å². The highest BCUT2D eigenvalue weighted by Crippen LogP contribution is 2.29. The van der Waals surface area contributed by atoms with Crippen molar-refractivity contribution >= 4 is 5.57 Å². The summed E-state index contributed by atoms with van der Waals surface area (Å²) in [6.07, 6.45) is 2.59. The van der Waals surface area contributed by atoms with Crippen LogP contribution in [0.25, 0.3) is 5.57 Å². The minimum atomic E-state index is 0.660. The Morgan fingerprint density at radius 3 is 2.57 bits per heavy atom. The maximum Gasteiger partial charge on any atom is 0.00472 e. The van der Waals surface area contributed by atoms with Crippen molar-refractivity contribution in [2.24, 2.45) is 0 Å². The number of hydrogen-bond acceptors (Lipinski definition) is 1. The lowest BCUT2D eigenvalue weighted by Gasteiger charge is -2.30. The molecule has 21 heavy (non-hydrogen) atoms. The second-order valence-electron chi connectivity index (χ2n) is 6.07. The Bertz CT molecular complexity index is 615. The molecule has 0 aromatic heterocycles. The number of rotatable bonds is 3. The summed E-state index contributed by atoms with van der Waals surface area (Å²) in [6.45, 7) is 6.68. The van der Waals surface area contributed by atoms with Gasteiger partial charge in [-0.25, -0.2) is 0 Å². The van der Waals surface area contributed by atoms with Crippen LogP contribution in [0.15, 0.2) is 61.2 Å². The van der Waals surface area contributed by atoms with E-state index in [9.17, 15) is 0 Å². The molecule has 0 saturated carbocycles. The molecular weight excluding hydrogens is 254 g/mol. The van der Waals surface area contributed by atoms with Crippen molar-refractivity contribution in [2.45, 2.75) is 18.8 Å². The van der Waals surface area contributed by atoms with Crippen LogP contribution in [0.4, 0.5) is 0 Å². The summed E-state index contributed by atoms with van der Waals surface area (Å²) in [5, 5.41) is 0. The van der Waals surface area contributed by atoms with Crippen molar-refractivity contribution in [3.63, 3.8) is 0 Å². The van der Waals surface area contributed by atoms with Crippen molar-refractivity contribution in [3.05, 3.63) is 77.9 Å². The Hall–Kier alpha value is -1.86. The molecule has 0 N–H and O–H groups in total. The monoisotopic (exact) mass is 277 g/mol. The molecule has 0 radical (unpaired) electrons. The second-order valence-corrected chi connectivity index (χ2v) is 6.07. The number of likely N-dealkylation sites (tertiary alicyclic amines) is 1. The number of benzene rings is 2. The summed E-state index contributed by atoms with van der Waals surface area (Å²) in [6, 6.07) is 19.4. The molecule has 0 spiro atoms. The molecule has 0 aliphatic carbocycles. The zero-order valence-electron chi connectivity index (χ0n) is 12.8. The smallest absolute Gasteiger partial charge is 0.00472 e. The fourth-order valence-electron chi connectivity index (χ4n) is 3.22. The van der Waals surface area contributed by atoms with Crippen LogP contribution in [-0.2, 0) is 0 Å². The third-order valence-electron chi connectivity index (χ3n) is 4.45. The Balaban J connectivity index is 1.85. The van der Waals surface area contributed by atoms with Crippen LogP contribution in [0, 0.1) is 0 Å². The highest BCUT2D eigenvalue weighted by Gasteiger charge is 2.19. The quantitative estimate of drug-likeness (QED) is 0.795. The molecule has 1 heterocycles. The number of piperidine rings is 1. The number of hydrogen-bond donors (Lipinski definition) is 0. The molecule has 0 amide bonds. The first-order chi connectivity index (χ1) is 10.2. The first kappa shape index (κ1) is 14.1. The fraction of sp³-hybridized carbons (Fsp3) is 0.300. The van der Waals surface area contributed by atoms with E-state index < -0.39 is 0 Å². The van der Waals surface area contributed by atoms with Crippen LogP contribution in [0.2, 0.25) is 0 Å². The minimum Gasteiger partial charge on any atom is -0.306 e. The van der Waals surface area contributed by atoms with Gasteiger partial charge < -0.3 is 4.90 Å². The van der Waals surface area contributed by atoms with Crippen molar-refractivity contribution in [1.29, 1.82) is 0 Å². The highest BCUT2D eigenvalue weighted by molar-refractivity contribution is 5.78. The normalized spacial score (nSPS) is 19.4. The molecule has 0 bridgehead atoms. The van der Waals surface area contributed by atoms with Crippen LogP contribution < -0.4 is 0 Å². The first-order valence-electron chi connectivity index (χ1n) is 7.77. The SMILES string of the molecule is C=C(c1ccccc1)c1cccc(C2CCCN(C)C2)c1. The van der Waals surface area contributed by atoms with E-state index >= 15 is 0 Å². The van der Waals surface area contributed by atoms with Gasteiger partial charge in [-0.2, -0.15) is 0 Å². The van der Waals surface area contributed by atoms with Gasteiger partial charge in [0.05, 0.1) is 0 Å². The van der Waals surface area contributed by atoms with Crippen molar-refractivity contribution < 1.29 is 0 Å². The molecule has 1 nitrogen and oxygen atoms in total. The third kappa shape index (κ3) is 3.25. The van der Waals surface area contributed by atoms with Crippen molar-refractivity contribution in [2.75, 3.05) is 20.1 Å². The standard InChI is InChI=1S/C20H23N/c1-16(17-8-4-3-5-9-17)18-10-6-11-19(14-18)20-12-7-13-21(2)15-20/h3-6,8-11,14,20H,1,7,12-13,15H2,2H3. The molecular formula is C20H23N. The topological polar surface area (TPSA) is 3.24 Å². The Morgan fingerprint density at radius 2 is 1.81 bits per heavy atom. The van der Waals surface area contributed by atoms with E-state index in [1.165, 1.54) is 42.6 Å². The van der Waals surface area contributed by atoms with E-state index in [0.29, 0.717) is 5.92 Å². The number of nitrogens with zero attached hydrogens (tertiary/aromatic N) is 1. The lowest BCUT2D eigenvalue weighted by atomic mass is 9.88. The van der Waals surface area contributed by atoms with Crippen LogP contribution in [0.5, 0.6) is 0 Å². The maximum atomic E-state index is 4.29. The van der Waals surface area contributed by atoms with Crippen molar-refractivity contribution in [1.82, 2.24) is 4.90 Å². The molecule has 1 heteroatoms. The van der Waals surface area contributed by atoms with E-state index in [0.717, 1.165) is 5.57 Å². The molecule has 1 aliphatic heterocycles. The molecule has 2 aromatic rings. The van der Waals surface area contributed by atoms with E-state index in [1.807, 2.05) is 6.07 Å². The average molecular weight is 277 g/mol. The minimum absolute atomic E-state index is 0.660. The molecule has 1 unspecified atom stereocenters. The fourth-order valence-corrected chi connectivity index (χ4v) is 3.22. The van der Waals surface area contributed by atoms with Gasteiger partial charge in [-0.15, -0.1) is 0 Å². The molecule has 108 valence electrons. The van der Waals surface area contributed by atoms with Crippen molar-refractivity contribution in [3.8, 4) is 0 Å². The van der Waals surface area contributed by atoms with Crippen LogP contribution in [-0.4, -0.2) is 25.0 Å². The summed E-state index contributed by atoms with van der Waals surface area (Å²) in [5.41, 5.74) is 5.01. The Labute approximate surface area is 127 Å². The molecule has 3 rings (SSSR count). The summed E-state index contributed by atoms with van der Waals surface area (Å²) < 4.78 is 0. The zero-order chi connectivity index (χ0) is 14.7. The van der Waals surface area contributed by atoms with Gasteiger partial charge in [0.25, 0.3) is 0 Å². The zero-order valence-corrected chi connectivity index (χ0v) is 12.8. The maximum absolute atomic E-state index is 4.29. The van der Waals surface area contributed by atoms with Crippen LogP contribution in [0.3, 0.4) is 0 Å². The second kappa shape index (κ2) is 6.28. The van der Waals surface area contributed by atoms with Gasteiger partial charge in [0.15, 0.2) is 0 Å². The Morgan fingerprint density at radius 1 is 1.05 bits per heavy atom. The van der Waals surface area contributed by atoms with Gasteiger partial charge in [0.1, 0.15) is 0 Å². The highest BCUT2D eigenvalue weighted by atomic mass is 15.1. The van der Waals surface area contributed by atoms with Gasteiger partial charge in [-0.3, -0.25) is 0 Å². The molecule has 1 aliphatic rings. The predicted molar refractivity (Wildman–Crippen MR) is 90.5 cm³/mol. The van der Waals surface area contributed by atoms with Gasteiger partial charge >= 0.3 is 0 Å². The predicted octanol–water partition coefficient (Wildman–Crippen LogP) is 4.56. The van der Waals surface area contributed by atoms with Crippen LogP contribution in [0.1, 0.15) is 35.4 Å². The van der Waals surface area contributed by atoms with Gasteiger partial charge in [-0.05, 0) is 54.6 Å². The molecule has 1 atom stereocenters. The lowest BCUT2D eigenvalue weighted by molar-refractivity contribution is 0.251. The average Bonchev–Trinajstić information content (AvgIpc) is 2.55. The summed E-state index contributed by atoms with van der Waals surface area (Å²) in [7, 11) is 2.22. The van der Waals surface area contributed by atoms with E-state index in [2.05, 4.69) is 67.1 Å². The molecule has 1 fully saturated rings. The Kier molecular flexibility index (Phi) is 4.21. The lowest BCUT2D eigenvalue weighted by Crippen LogP contribution is -2.30. The van der Waals surface area contributed by atoms with E-state index in [1.54, 1.807) is 0 Å². The molecule has 1 saturated heterocycles. The first-order valence-corrected chi connectivity index (χ1v) is 7.77.